The van der Waals surface area contributed by atoms with Gasteiger partial charge < -0.3 is 5.32 Å². The molecule has 0 amide bonds. The van der Waals surface area contributed by atoms with Gasteiger partial charge in [-0.15, -0.1) is 0 Å². The van der Waals surface area contributed by atoms with Crippen molar-refractivity contribution in [1.29, 1.82) is 0 Å². The highest BCUT2D eigenvalue weighted by atomic mass is 35.5. The molecule has 13 heavy (non-hydrogen) atoms. The Hall–Kier alpha value is -0.410. The molecule has 1 fully saturated rings. The first-order chi connectivity index (χ1) is 6.34. The second-order valence-corrected chi connectivity index (χ2v) is 4.61. The largest absolute Gasteiger partial charge is 0.380 e. The molecule has 2 rings (SSSR count). The summed E-state index contributed by atoms with van der Waals surface area (Å²) >= 11 is 7.68. The molecule has 1 saturated heterocycles. The fourth-order valence-electron chi connectivity index (χ4n) is 1.35. The van der Waals surface area contributed by atoms with E-state index in [2.05, 4.69) is 10.3 Å². The van der Waals surface area contributed by atoms with Gasteiger partial charge in [0.1, 0.15) is 5.15 Å². The topological polar surface area (TPSA) is 24.9 Å². The Kier molecular flexibility index (Phi) is 2.96. The van der Waals surface area contributed by atoms with Crippen molar-refractivity contribution in [2.75, 3.05) is 16.8 Å². The Morgan fingerprint density at radius 3 is 3.08 bits per heavy atom. The lowest BCUT2D eigenvalue weighted by Gasteiger charge is -2.11. The molecule has 2 heterocycles. The Labute approximate surface area is 87.1 Å². The number of nitrogens with zero attached hydrogens (tertiary/aromatic N) is 1. The summed E-state index contributed by atoms with van der Waals surface area (Å²) in [6, 6.07) is 4.39. The summed E-state index contributed by atoms with van der Waals surface area (Å²) in [5.74, 6) is 2.46. The monoisotopic (exact) mass is 214 g/mol. The van der Waals surface area contributed by atoms with E-state index in [0.29, 0.717) is 11.2 Å². The number of halogens is 1. The molecular weight excluding hydrogens is 204 g/mol. The number of thioether (sulfide) groups is 1. The molecule has 1 aromatic heterocycles. The molecule has 0 unspecified atom stereocenters. The van der Waals surface area contributed by atoms with Crippen LogP contribution in [0.2, 0.25) is 5.15 Å². The molecule has 0 aliphatic carbocycles. The highest BCUT2D eigenvalue weighted by Gasteiger charge is 2.14. The maximum Gasteiger partial charge on any atom is 0.129 e. The third-order valence-corrected chi connectivity index (χ3v) is 3.41. The van der Waals surface area contributed by atoms with Gasteiger partial charge in [-0.3, -0.25) is 0 Å². The van der Waals surface area contributed by atoms with Crippen LogP contribution in [0.25, 0.3) is 0 Å². The van der Waals surface area contributed by atoms with Crippen molar-refractivity contribution in [2.24, 2.45) is 0 Å². The Morgan fingerprint density at radius 2 is 2.46 bits per heavy atom. The molecule has 1 aromatic rings. The first-order valence-corrected chi connectivity index (χ1v) is 5.84. The average molecular weight is 215 g/mol. The summed E-state index contributed by atoms with van der Waals surface area (Å²) in [5, 5.41) is 3.97. The van der Waals surface area contributed by atoms with Gasteiger partial charge in [0.15, 0.2) is 0 Å². The van der Waals surface area contributed by atoms with Crippen LogP contribution < -0.4 is 5.32 Å². The first-order valence-electron chi connectivity index (χ1n) is 4.30. The zero-order chi connectivity index (χ0) is 9.10. The van der Waals surface area contributed by atoms with E-state index in [0.717, 1.165) is 5.69 Å². The summed E-state index contributed by atoms with van der Waals surface area (Å²) in [5.41, 5.74) is 1.07. The van der Waals surface area contributed by atoms with Crippen LogP contribution in [-0.2, 0) is 0 Å². The van der Waals surface area contributed by atoms with Gasteiger partial charge in [0.2, 0.25) is 0 Å². The molecule has 0 aromatic carbocycles. The van der Waals surface area contributed by atoms with Gasteiger partial charge in [-0.25, -0.2) is 4.98 Å². The molecule has 1 N–H and O–H groups in total. The van der Waals surface area contributed by atoms with Gasteiger partial charge in [0.05, 0.1) is 11.9 Å². The van der Waals surface area contributed by atoms with Crippen molar-refractivity contribution in [3.8, 4) is 0 Å². The molecule has 1 aliphatic rings. The fourth-order valence-corrected chi connectivity index (χ4v) is 2.61. The van der Waals surface area contributed by atoms with Crippen LogP contribution in [0, 0.1) is 0 Å². The first kappa shape index (κ1) is 9.16. The van der Waals surface area contributed by atoms with Crippen LogP contribution in [0.15, 0.2) is 18.3 Å². The van der Waals surface area contributed by atoms with Gasteiger partial charge in [-0.1, -0.05) is 11.6 Å². The van der Waals surface area contributed by atoms with Gasteiger partial charge in [0, 0.05) is 11.8 Å². The van der Waals surface area contributed by atoms with E-state index in [4.69, 9.17) is 11.6 Å². The molecule has 1 aliphatic heterocycles. The van der Waals surface area contributed by atoms with Crippen LogP contribution in [0.4, 0.5) is 5.69 Å². The van der Waals surface area contributed by atoms with E-state index in [1.54, 1.807) is 6.20 Å². The van der Waals surface area contributed by atoms with E-state index in [9.17, 15) is 0 Å². The minimum absolute atomic E-state index is 0.548. The fraction of sp³-hybridized carbons (Fsp3) is 0.444. The number of nitrogens with one attached hydrogen (secondary N) is 1. The second-order valence-electron chi connectivity index (χ2n) is 3.07. The summed E-state index contributed by atoms with van der Waals surface area (Å²) in [4.78, 5) is 4.02. The third-order valence-electron chi connectivity index (χ3n) is 2.03. The van der Waals surface area contributed by atoms with Crippen molar-refractivity contribution in [3.63, 3.8) is 0 Å². The van der Waals surface area contributed by atoms with E-state index in [1.807, 2.05) is 23.9 Å². The van der Waals surface area contributed by atoms with E-state index >= 15 is 0 Å². The Balaban J connectivity index is 1.97. The molecule has 0 radical (unpaired) electrons. The van der Waals surface area contributed by atoms with Crippen LogP contribution in [-0.4, -0.2) is 22.5 Å². The maximum atomic E-state index is 5.69. The molecule has 70 valence electrons. The summed E-state index contributed by atoms with van der Waals surface area (Å²) in [6.07, 6.45) is 3.03. The Bertz CT molecular complexity index is 269. The zero-order valence-corrected chi connectivity index (χ0v) is 8.74. The smallest absolute Gasteiger partial charge is 0.129 e. The quantitative estimate of drug-likeness (QED) is 0.767. The Morgan fingerprint density at radius 1 is 1.54 bits per heavy atom. The van der Waals surface area contributed by atoms with Gasteiger partial charge >= 0.3 is 0 Å². The van der Waals surface area contributed by atoms with Crippen LogP contribution in [0.5, 0.6) is 0 Å². The van der Waals surface area contributed by atoms with Crippen LogP contribution >= 0.6 is 23.4 Å². The van der Waals surface area contributed by atoms with Crippen molar-refractivity contribution in [3.05, 3.63) is 23.5 Å². The lowest BCUT2D eigenvalue weighted by Crippen LogP contribution is -2.17. The van der Waals surface area contributed by atoms with Crippen molar-refractivity contribution in [2.45, 2.75) is 12.5 Å². The minimum Gasteiger partial charge on any atom is -0.380 e. The highest BCUT2D eigenvalue weighted by molar-refractivity contribution is 7.99. The standard InChI is InChI=1S/C9H11ClN2S/c10-9-2-1-7(5-11-9)12-8-3-4-13-6-8/h1-2,5,8,12H,3-4,6H2/t8-/m1/s1. The molecule has 0 spiro atoms. The summed E-state index contributed by atoms with van der Waals surface area (Å²) in [7, 11) is 0. The molecule has 1 atom stereocenters. The number of hydrogen-bond donors (Lipinski definition) is 1. The lowest BCUT2D eigenvalue weighted by molar-refractivity contribution is 0.812. The maximum absolute atomic E-state index is 5.69. The van der Waals surface area contributed by atoms with Gasteiger partial charge in [-0.05, 0) is 24.3 Å². The van der Waals surface area contributed by atoms with Crippen molar-refractivity contribution >= 4 is 29.1 Å². The normalized spacial score (nSPS) is 21.8. The van der Waals surface area contributed by atoms with Crippen LogP contribution in [0.1, 0.15) is 6.42 Å². The van der Waals surface area contributed by atoms with Crippen molar-refractivity contribution in [1.82, 2.24) is 4.98 Å². The van der Waals surface area contributed by atoms with Crippen LogP contribution in [0.3, 0.4) is 0 Å². The van der Waals surface area contributed by atoms with E-state index in [1.165, 1.54) is 17.9 Å². The average Bonchev–Trinajstić information content (AvgIpc) is 2.62. The number of pyridine rings is 1. The van der Waals surface area contributed by atoms with Gasteiger partial charge in [-0.2, -0.15) is 11.8 Å². The van der Waals surface area contributed by atoms with E-state index in [-0.39, 0.29) is 0 Å². The SMILES string of the molecule is Clc1ccc(N[C@@H]2CCSC2)cn1. The van der Waals surface area contributed by atoms with Gasteiger partial charge in [0.25, 0.3) is 0 Å². The highest BCUT2D eigenvalue weighted by Crippen LogP contribution is 2.21. The van der Waals surface area contributed by atoms with E-state index < -0.39 is 0 Å². The number of aromatic nitrogens is 1. The lowest BCUT2D eigenvalue weighted by atomic mass is 10.2. The molecule has 0 bridgehead atoms. The molecule has 2 nitrogen and oxygen atoms in total. The molecular formula is C9H11ClN2S. The molecule has 0 saturated carbocycles. The number of rotatable bonds is 2. The predicted molar refractivity (Wildman–Crippen MR) is 58.6 cm³/mol. The number of hydrogen-bond acceptors (Lipinski definition) is 3. The minimum atomic E-state index is 0.548. The van der Waals surface area contributed by atoms with Crippen molar-refractivity contribution < 1.29 is 0 Å². The zero-order valence-electron chi connectivity index (χ0n) is 7.16. The summed E-state index contributed by atoms with van der Waals surface area (Å²) < 4.78 is 0. The third kappa shape index (κ3) is 2.51. The molecule has 4 heteroatoms. The predicted octanol–water partition coefficient (Wildman–Crippen LogP) is 2.65. The number of anilines is 1. The summed E-state index contributed by atoms with van der Waals surface area (Å²) in [6.45, 7) is 0. The second kappa shape index (κ2) is 4.20.